The molecule has 162 valence electrons. The second-order valence-electron chi connectivity index (χ2n) is 7.81. The molecule has 0 saturated heterocycles. The number of carbonyl (C=O) groups excluding carboxylic acids is 1. The number of hydrogen-bond acceptors (Lipinski definition) is 6. The van der Waals surface area contributed by atoms with Crippen LogP contribution in [0.1, 0.15) is 60.3 Å². The Morgan fingerprint density at radius 1 is 1.16 bits per heavy atom. The molecule has 3 aromatic rings. The molecule has 0 spiro atoms. The van der Waals surface area contributed by atoms with E-state index in [1.54, 1.807) is 18.2 Å². The molecule has 1 aliphatic carbocycles. The molecule has 2 heterocycles. The van der Waals surface area contributed by atoms with E-state index < -0.39 is 0 Å². The van der Waals surface area contributed by atoms with E-state index in [0.29, 0.717) is 34.5 Å². The molecule has 0 atom stereocenters. The summed E-state index contributed by atoms with van der Waals surface area (Å²) in [5, 5.41) is 7.50. The Labute approximate surface area is 179 Å². The third-order valence-electron chi connectivity index (χ3n) is 5.15. The van der Waals surface area contributed by atoms with Gasteiger partial charge in [0.15, 0.2) is 11.5 Å². The molecule has 0 aliphatic heterocycles. The van der Waals surface area contributed by atoms with E-state index in [1.165, 1.54) is 25.0 Å². The van der Waals surface area contributed by atoms with Crippen molar-refractivity contribution in [2.75, 3.05) is 19.5 Å². The number of H-pyrrole nitrogens is 1. The van der Waals surface area contributed by atoms with Crippen LogP contribution in [0.15, 0.2) is 35.1 Å². The van der Waals surface area contributed by atoms with E-state index in [4.69, 9.17) is 9.47 Å². The average Bonchev–Trinajstić information content (AvgIpc) is 3.53. The number of aromatic amines is 1. The highest BCUT2D eigenvalue weighted by atomic mass is 16.5. The molecular weight excluding hydrogens is 398 g/mol. The highest BCUT2D eigenvalue weighted by Gasteiger charge is 2.28. The van der Waals surface area contributed by atoms with Gasteiger partial charge < -0.3 is 14.8 Å². The van der Waals surface area contributed by atoms with Crippen molar-refractivity contribution in [3.8, 4) is 17.4 Å². The Bertz CT molecular complexity index is 1180. The summed E-state index contributed by atoms with van der Waals surface area (Å²) in [5.41, 5.74) is 1.64. The van der Waals surface area contributed by atoms with Crippen molar-refractivity contribution in [3.63, 3.8) is 0 Å². The van der Waals surface area contributed by atoms with Crippen LogP contribution in [-0.2, 0) is 0 Å². The number of anilines is 1. The number of aromatic nitrogens is 4. The summed E-state index contributed by atoms with van der Waals surface area (Å²) in [6.45, 7) is 3.92. The zero-order chi connectivity index (χ0) is 22.1. The molecule has 0 unspecified atom stereocenters. The first-order chi connectivity index (χ1) is 14.9. The second-order valence-corrected chi connectivity index (χ2v) is 7.81. The molecule has 9 nitrogen and oxygen atoms in total. The van der Waals surface area contributed by atoms with Gasteiger partial charge in [0.25, 0.3) is 11.5 Å². The van der Waals surface area contributed by atoms with Gasteiger partial charge in [-0.1, -0.05) is 13.8 Å². The van der Waals surface area contributed by atoms with Gasteiger partial charge in [0.2, 0.25) is 5.95 Å². The molecule has 0 bridgehead atoms. The molecule has 31 heavy (non-hydrogen) atoms. The summed E-state index contributed by atoms with van der Waals surface area (Å²) in [4.78, 5) is 32.4. The van der Waals surface area contributed by atoms with Gasteiger partial charge in [0.1, 0.15) is 5.82 Å². The quantitative estimate of drug-likeness (QED) is 0.604. The molecule has 2 N–H and O–H groups in total. The van der Waals surface area contributed by atoms with Crippen LogP contribution in [0.25, 0.3) is 5.95 Å². The number of hydrogen-bond donors (Lipinski definition) is 2. The fourth-order valence-electron chi connectivity index (χ4n) is 3.25. The van der Waals surface area contributed by atoms with E-state index in [0.717, 1.165) is 18.5 Å². The fourth-order valence-corrected chi connectivity index (χ4v) is 3.25. The maximum atomic E-state index is 13.0. The number of nitrogens with zero attached hydrogens (tertiary/aromatic N) is 3. The Hall–Kier alpha value is -3.62. The highest BCUT2D eigenvalue weighted by molar-refractivity contribution is 6.04. The molecule has 1 fully saturated rings. The monoisotopic (exact) mass is 423 g/mol. The normalized spacial score (nSPS) is 13.3. The number of ether oxygens (including phenoxy) is 2. The SMILES string of the molecule is COc1ccc(C(=O)Nc2cc(C3CC3)nn2-c2nc(C(C)C)cc(=O)[nH]2)cc1OC. The van der Waals surface area contributed by atoms with E-state index in [1.807, 2.05) is 19.9 Å². The lowest BCUT2D eigenvalue weighted by atomic mass is 10.1. The van der Waals surface area contributed by atoms with E-state index in [2.05, 4.69) is 20.4 Å². The highest BCUT2D eigenvalue weighted by Crippen LogP contribution is 2.40. The van der Waals surface area contributed by atoms with Crippen LogP contribution >= 0.6 is 0 Å². The molecule has 1 aliphatic rings. The summed E-state index contributed by atoms with van der Waals surface area (Å²) in [6.07, 6.45) is 2.10. The number of nitrogens with one attached hydrogen (secondary N) is 2. The maximum Gasteiger partial charge on any atom is 0.256 e. The molecular formula is C22H25N5O4. The summed E-state index contributed by atoms with van der Waals surface area (Å²) in [5.74, 6) is 1.79. The minimum absolute atomic E-state index is 0.0734. The predicted octanol–water partition coefficient (Wildman–Crippen LogP) is 3.23. The lowest BCUT2D eigenvalue weighted by Gasteiger charge is -2.12. The largest absolute Gasteiger partial charge is 0.493 e. The molecule has 9 heteroatoms. The third-order valence-corrected chi connectivity index (χ3v) is 5.15. The molecule has 1 saturated carbocycles. The maximum absolute atomic E-state index is 13.0. The zero-order valence-corrected chi connectivity index (χ0v) is 17.9. The number of methoxy groups -OCH3 is 2. The van der Waals surface area contributed by atoms with Crippen LogP contribution in [0.5, 0.6) is 11.5 Å². The molecule has 1 amide bonds. The van der Waals surface area contributed by atoms with E-state index >= 15 is 0 Å². The molecule has 4 rings (SSSR count). The van der Waals surface area contributed by atoms with Gasteiger partial charge in [-0.2, -0.15) is 9.78 Å². The van der Waals surface area contributed by atoms with Crippen molar-refractivity contribution in [1.82, 2.24) is 19.7 Å². The Morgan fingerprint density at radius 2 is 1.90 bits per heavy atom. The average molecular weight is 423 g/mol. The molecule has 1 aromatic carbocycles. The van der Waals surface area contributed by atoms with Crippen molar-refractivity contribution >= 4 is 11.7 Å². The van der Waals surface area contributed by atoms with Crippen molar-refractivity contribution in [2.24, 2.45) is 0 Å². The fraction of sp³-hybridized carbons (Fsp3) is 0.364. The van der Waals surface area contributed by atoms with E-state index in [9.17, 15) is 9.59 Å². The van der Waals surface area contributed by atoms with Gasteiger partial charge in [-0.25, -0.2) is 4.98 Å². The minimum Gasteiger partial charge on any atom is -0.493 e. The third kappa shape index (κ3) is 4.30. The van der Waals surface area contributed by atoms with Gasteiger partial charge in [-0.3, -0.25) is 14.6 Å². The smallest absolute Gasteiger partial charge is 0.256 e. The van der Waals surface area contributed by atoms with Crippen molar-refractivity contribution in [1.29, 1.82) is 0 Å². The molecule has 2 aromatic heterocycles. The lowest BCUT2D eigenvalue weighted by molar-refractivity contribution is 0.102. The van der Waals surface area contributed by atoms with Gasteiger partial charge in [-0.05, 0) is 37.0 Å². The summed E-state index contributed by atoms with van der Waals surface area (Å²) in [7, 11) is 3.05. The van der Waals surface area contributed by atoms with Gasteiger partial charge >= 0.3 is 0 Å². The lowest BCUT2D eigenvalue weighted by Crippen LogP contribution is -2.19. The van der Waals surface area contributed by atoms with Gasteiger partial charge in [0, 0.05) is 23.6 Å². The summed E-state index contributed by atoms with van der Waals surface area (Å²) < 4.78 is 12.0. The first kappa shape index (κ1) is 20.6. The van der Waals surface area contributed by atoms with Crippen LogP contribution < -0.4 is 20.3 Å². The predicted molar refractivity (Wildman–Crippen MR) is 116 cm³/mol. The topological polar surface area (TPSA) is 111 Å². The minimum atomic E-state index is -0.341. The first-order valence-corrected chi connectivity index (χ1v) is 10.1. The van der Waals surface area contributed by atoms with Crippen LogP contribution in [0, 0.1) is 0 Å². The zero-order valence-electron chi connectivity index (χ0n) is 17.9. The van der Waals surface area contributed by atoms with Gasteiger partial charge in [-0.15, -0.1) is 0 Å². The van der Waals surface area contributed by atoms with Crippen molar-refractivity contribution in [3.05, 3.63) is 57.6 Å². The van der Waals surface area contributed by atoms with Crippen LogP contribution in [0.4, 0.5) is 5.82 Å². The van der Waals surface area contributed by atoms with E-state index in [-0.39, 0.29) is 23.3 Å². The Morgan fingerprint density at radius 3 is 2.55 bits per heavy atom. The number of carbonyl (C=O) groups is 1. The standard InChI is InChI=1S/C22H25N5O4/c1-12(2)15-11-20(28)25-22(23-15)27-19(10-16(26-27)13-5-6-13)24-21(29)14-7-8-17(30-3)18(9-14)31-4/h7-13H,5-6H2,1-4H3,(H,24,29)(H,23,25,28). The van der Waals surface area contributed by atoms with Crippen molar-refractivity contribution in [2.45, 2.75) is 38.5 Å². The number of benzene rings is 1. The summed E-state index contributed by atoms with van der Waals surface area (Å²) in [6, 6.07) is 8.24. The second kappa shape index (κ2) is 8.25. The summed E-state index contributed by atoms with van der Waals surface area (Å²) >= 11 is 0. The van der Waals surface area contributed by atoms with Crippen LogP contribution in [0.3, 0.4) is 0 Å². The van der Waals surface area contributed by atoms with Crippen molar-refractivity contribution < 1.29 is 14.3 Å². The Kier molecular flexibility index (Phi) is 5.50. The van der Waals surface area contributed by atoms with Crippen LogP contribution in [0.2, 0.25) is 0 Å². The van der Waals surface area contributed by atoms with Gasteiger partial charge in [0.05, 0.1) is 25.6 Å². The molecule has 0 radical (unpaired) electrons. The van der Waals surface area contributed by atoms with Crippen LogP contribution in [-0.4, -0.2) is 39.9 Å². The first-order valence-electron chi connectivity index (χ1n) is 10.1. The number of rotatable bonds is 7. The Balaban J connectivity index is 1.71. The number of amides is 1.